The zero-order valence-corrected chi connectivity index (χ0v) is 11.5. The number of carbonyl (C=O) groups excluding carboxylic acids is 1. The van der Waals surface area contributed by atoms with Crippen molar-refractivity contribution in [3.63, 3.8) is 0 Å². The molecule has 1 amide bonds. The van der Waals surface area contributed by atoms with Crippen LogP contribution in [0.3, 0.4) is 0 Å². The molecule has 0 aromatic heterocycles. The molecule has 0 aliphatic rings. The lowest BCUT2D eigenvalue weighted by Gasteiger charge is -2.33. The average molecular weight is 230 g/mol. The van der Waals surface area contributed by atoms with Gasteiger partial charge in [-0.2, -0.15) is 0 Å². The summed E-state index contributed by atoms with van der Waals surface area (Å²) in [5.41, 5.74) is 5.51. The summed E-state index contributed by atoms with van der Waals surface area (Å²) >= 11 is 0. The maximum atomic E-state index is 11.5. The van der Waals surface area contributed by atoms with Crippen molar-refractivity contribution in [2.24, 2.45) is 11.1 Å². The zero-order chi connectivity index (χ0) is 13.1. The van der Waals surface area contributed by atoms with Crippen LogP contribution in [0.15, 0.2) is 0 Å². The predicted octanol–water partition coefficient (Wildman–Crippen LogP) is 2.27. The fraction of sp³-hybridized carbons (Fsp3) is 0.917. The Hall–Kier alpha value is -0.770. The summed E-state index contributed by atoms with van der Waals surface area (Å²) in [7, 11) is 0. The molecule has 0 aromatic rings. The lowest BCUT2D eigenvalue weighted by molar-refractivity contribution is 0.0489. The van der Waals surface area contributed by atoms with Crippen molar-refractivity contribution in [2.45, 2.75) is 66.2 Å². The van der Waals surface area contributed by atoms with Crippen LogP contribution in [0.4, 0.5) is 4.79 Å². The van der Waals surface area contributed by atoms with E-state index in [1.807, 2.05) is 48.5 Å². The molecule has 16 heavy (non-hydrogen) atoms. The van der Waals surface area contributed by atoms with Crippen molar-refractivity contribution in [1.29, 1.82) is 0 Å². The Balaban J connectivity index is 4.26. The molecule has 0 aromatic carbocycles. The Morgan fingerprint density at radius 1 is 1.19 bits per heavy atom. The number of ether oxygens (including phenoxy) is 1. The molecule has 0 spiro atoms. The van der Waals surface area contributed by atoms with Crippen molar-refractivity contribution >= 4 is 6.09 Å². The number of amides is 1. The van der Waals surface area contributed by atoms with Crippen LogP contribution in [0.25, 0.3) is 0 Å². The van der Waals surface area contributed by atoms with E-state index < -0.39 is 11.7 Å². The van der Waals surface area contributed by atoms with Crippen LogP contribution in [0.5, 0.6) is 0 Å². The van der Waals surface area contributed by atoms with Crippen LogP contribution in [-0.2, 0) is 4.74 Å². The van der Waals surface area contributed by atoms with Crippen LogP contribution < -0.4 is 11.1 Å². The van der Waals surface area contributed by atoms with Crippen LogP contribution in [0.1, 0.15) is 48.5 Å². The molecule has 0 rings (SSSR count). The summed E-state index contributed by atoms with van der Waals surface area (Å²) in [6.45, 7) is 13.5. The molecular formula is C12H26N2O2. The third-order valence-corrected chi connectivity index (χ3v) is 2.28. The monoisotopic (exact) mass is 230 g/mol. The predicted molar refractivity (Wildman–Crippen MR) is 66.3 cm³/mol. The fourth-order valence-corrected chi connectivity index (χ4v) is 1.33. The SMILES string of the molecule is C[C@@H](NC(=O)OC(C)(C)C)[C@@H](N)C(C)(C)C. The number of nitrogens with one attached hydrogen (secondary N) is 1. The Kier molecular flexibility index (Phi) is 4.80. The van der Waals surface area contributed by atoms with Crippen LogP contribution >= 0.6 is 0 Å². The second kappa shape index (κ2) is 5.04. The van der Waals surface area contributed by atoms with Gasteiger partial charge in [-0.15, -0.1) is 0 Å². The van der Waals surface area contributed by atoms with Gasteiger partial charge in [0.1, 0.15) is 5.60 Å². The second-order valence-electron chi connectivity index (χ2n) is 6.33. The van der Waals surface area contributed by atoms with Gasteiger partial charge in [0.25, 0.3) is 0 Å². The summed E-state index contributed by atoms with van der Waals surface area (Å²) in [6, 6.07) is -0.227. The van der Waals surface area contributed by atoms with Crippen molar-refractivity contribution in [2.75, 3.05) is 0 Å². The third kappa shape index (κ3) is 5.95. The number of rotatable bonds is 2. The molecule has 0 aliphatic heterocycles. The van der Waals surface area contributed by atoms with Crippen molar-refractivity contribution in [3.05, 3.63) is 0 Å². The van der Waals surface area contributed by atoms with Crippen LogP contribution in [0.2, 0.25) is 0 Å². The molecule has 3 N–H and O–H groups in total. The highest BCUT2D eigenvalue weighted by Crippen LogP contribution is 2.20. The molecule has 0 saturated carbocycles. The molecule has 96 valence electrons. The van der Waals surface area contributed by atoms with E-state index in [-0.39, 0.29) is 17.5 Å². The van der Waals surface area contributed by atoms with E-state index in [4.69, 9.17) is 10.5 Å². The number of hydrogen-bond acceptors (Lipinski definition) is 3. The van der Waals surface area contributed by atoms with Crippen molar-refractivity contribution in [3.8, 4) is 0 Å². The molecule has 0 radical (unpaired) electrons. The molecule has 2 atom stereocenters. The topological polar surface area (TPSA) is 64.3 Å². The van der Waals surface area contributed by atoms with E-state index in [0.29, 0.717) is 0 Å². The van der Waals surface area contributed by atoms with E-state index >= 15 is 0 Å². The molecule has 0 aliphatic carbocycles. The molecule has 0 heterocycles. The van der Waals surface area contributed by atoms with Gasteiger partial charge in [0.05, 0.1) is 0 Å². The minimum atomic E-state index is -0.477. The highest BCUT2D eigenvalue weighted by Gasteiger charge is 2.28. The summed E-state index contributed by atoms with van der Waals surface area (Å²) in [4.78, 5) is 11.5. The maximum absolute atomic E-state index is 11.5. The molecule has 4 heteroatoms. The van der Waals surface area contributed by atoms with Gasteiger partial charge in [-0.25, -0.2) is 4.79 Å². The molecular weight excluding hydrogens is 204 g/mol. The fourth-order valence-electron chi connectivity index (χ4n) is 1.33. The molecule has 0 bridgehead atoms. The third-order valence-electron chi connectivity index (χ3n) is 2.28. The first-order valence-corrected chi connectivity index (χ1v) is 5.68. The average Bonchev–Trinajstić information content (AvgIpc) is 1.96. The largest absolute Gasteiger partial charge is 0.444 e. The van der Waals surface area contributed by atoms with E-state index in [0.717, 1.165) is 0 Å². The standard InChI is InChI=1S/C12H26N2O2/c1-8(9(13)11(2,3)4)14-10(15)16-12(5,6)7/h8-9H,13H2,1-7H3,(H,14,15)/t8-,9-/m1/s1. The Morgan fingerprint density at radius 3 is 1.94 bits per heavy atom. The van der Waals surface area contributed by atoms with Gasteiger partial charge in [0.15, 0.2) is 0 Å². The number of carbonyl (C=O) groups is 1. The first-order valence-electron chi connectivity index (χ1n) is 5.68. The number of alkyl carbamates (subject to hydrolysis) is 1. The number of hydrogen-bond donors (Lipinski definition) is 2. The van der Waals surface area contributed by atoms with Crippen molar-refractivity contribution in [1.82, 2.24) is 5.32 Å². The number of nitrogens with two attached hydrogens (primary N) is 1. The Bertz CT molecular complexity index is 238. The van der Waals surface area contributed by atoms with Crippen LogP contribution in [0, 0.1) is 5.41 Å². The lowest BCUT2D eigenvalue weighted by Crippen LogP contribution is -2.52. The molecule has 4 nitrogen and oxygen atoms in total. The van der Waals surface area contributed by atoms with Gasteiger partial charge in [0, 0.05) is 12.1 Å². The normalized spacial score (nSPS) is 16.5. The van der Waals surface area contributed by atoms with Gasteiger partial charge >= 0.3 is 6.09 Å². The maximum Gasteiger partial charge on any atom is 0.407 e. The van der Waals surface area contributed by atoms with Crippen LogP contribution in [-0.4, -0.2) is 23.8 Å². The first-order chi connectivity index (χ1) is 6.93. The van der Waals surface area contributed by atoms with Gasteiger partial charge in [-0.1, -0.05) is 20.8 Å². The minimum absolute atomic E-state index is 0.0472. The molecule has 0 fully saturated rings. The van der Waals surface area contributed by atoms with E-state index in [1.54, 1.807) is 0 Å². The second-order valence-corrected chi connectivity index (χ2v) is 6.33. The van der Waals surface area contributed by atoms with Gasteiger partial charge < -0.3 is 15.8 Å². The van der Waals surface area contributed by atoms with E-state index in [1.165, 1.54) is 0 Å². The highest BCUT2D eigenvalue weighted by molar-refractivity contribution is 5.68. The highest BCUT2D eigenvalue weighted by atomic mass is 16.6. The first kappa shape index (κ1) is 15.2. The summed E-state index contributed by atoms with van der Waals surface area (Å²) in [5.74, 6) is 0. The Labute approximate surface area is 98.9 Å². The Morgan fingerprint density at radius 2 is 1.62 bits per heavy atom. The van der Waals surface area contributed by atoms with Gasteiger partial charge in [0.2, 0.25) is 0 Å². The molecule has 0 saturated heterocycles. The minimum Gasteiger partial charge on any atom is -0.444 e. The quantitative estimate of drug-likeness (QED) is 0.765. The van der Waals surface area contributed by atoms with Gasteiger partial charge in [-0.05, 0) is 33.1 Å². The smallest absolute Gasteiger partial charge is 0.407 e. The summed E-state index contributed by atoms with van der Waals surface area (Å²) in [6.07, 6.45) is -0.417. The zero-order valence-electron chi connectivity index (χ0n) is 11.5. The molecule has 0 unspecified atom stereocenters. The van der Waals surface area contributed by atoms with E-state index in [9.17, 15) is 4.79 Å². The summed E-state index contributed by atoms with van der Waals surface area (Å²) < 4.78 is 5.17. The van der Waals surface area contributed by atoms with E-state index in [2.05, 4.69) is 5.32 Å². The lowest BCUT2D eigenvalue weighted by atomic mass is 9.83. The summed E-state index contributed by atoms with van der Waals surface area (Å²) in [5, 5.41) is 2.76. The van der Waals surface area contributed by atoms with Crippen molar-refractivity contribution < 1.29 is 9.53 Å². The van der Waals surface area contributed by atoms with Gasteiger partial charge in [-0.3, -0.25) is 0 Å².